The van der Waals surface area contributed by atoms with Crippen molar-refractivity contribution in [2.24, 2.45) is 5.73 Å². The zero-order valence-corrected chi connectivity index (χ0v) is 19.5. The van der Waals surface area contributed by atoms with Gasteiger partial charge in [-0.2, -0.15) is 0 Å². The highest BCUT2D eigenvalue weighted by atomic mass is 16.7. The van der Waals surface area contributed by atoms with E-state index in [2.05, 4.69) is 14.2 Å². The van der Waals surface area contributed by atoms with E-state index in [0.717, 1.165) is 0 Å². The van der Waals surface area contributed by atoms with Gasteiger partial charge in [0.05, 0.1) is 25.4 Å². The van der Waals surface area contributed by atoms with Crippen molar-refractivity contribution in [3.63, 3.8) is 0 Å². The Morgan fingerprint density at radius 1 is 0.625 bits per heavy atom. The molecule has 0 amide bonds. The number of ether oxygens (including phenoxy) is 9. The lowest BCUT2D eigenvalue weighted by atomic mass is 10.0. The number of rotatable bonds is 18. The topological polar surface area (TPSA) is 160 Å². The molecule has 13 nitrogen and oxygen atoms in total. The normalized spacial score (nSPS) is 15.8. The highest BCUT2D eigenvalue weighted by molar-refractivity contribution is 5.74. The van der Waals surface area contributed by atoms with Crippen LogP contribution in [-0.4, -0.2) is 103 Å². The van der Waals surface area contributed by atoms with Crippen LogP contribution < -0.4 is 5.73 Å². The van der Waals surface area contributed by atoms with Crippen molar-refractivity contribution in [2.75, 3.05) is 61.5 Å². The second-order valence-electron chi connectivity index (χ2n) is 6.83. The molecule has 0 aliphatic heterocycles. The molecule has 0 radical (unpaired) electrons. The fourth-order valence-electron chi connectivity index (χ4n) is 1.91. The summed E-state index contributed by atoms with van der Waals surface area (Å²) in [5, 5.41) is 0. The van der Waals surface area contributed by atoms with Gasteiger partial charge in [-0.05, 0) is 20.8 Å². The maximum atomic E-state index is 11.9. The van der Waals surface area contributed by atoms with E-state index in [9.17, 15) is 14.4 Å². The Hall–Kier alpha value is -1.87. The monoisotopic (exact) mass is 469 g/mol. The van der Waals surface area contributed by atoms with Crippen LogP contribution in [0.4, 0.5) is 0 Å². The molecule has 0 fully saturated rings. The Bertz CT molecular complexity index is 484. The molecule has 0 aromatic rings. The lowest BCUT2D eigenvalue weighted by Gasteiger charge is -2.31. The summed E-state index contributed by atoms with van der Waals surface area (Å²) in [4.78, 5) is 35.6. The molecule has 0 aromatic heterocycles. The molecule has 0 spiro atoms. The molecule has 3 atom stereocenters. The first-order valence-corrected chi connectivity index (χ1v) is 9.70. The van der Waals surface area contributed by atoms with Crippen molar-refractivity contribution in [2.45, 2.75) is 44.6 Å². The van der Waals surface area contributed by atoms with E-state index < -0.39 is 41.8 Å². The summed E-state index contributed by atoms with van der Waals surface area (Å²) in [5.74, 6) is -1.99. The minimum atomic E-state index is -1.35. The highest BCUT2D eigenvalue weighted by Gasteiger charge is 2.32. The van der Waals surface area contributed by atoms with Crippen molar-refractivity contribution in [1.29, 1.82) is 0 Å². The minimum Gasteiger partial charge on any atom is -0.437 e. The van der Waals surface area contributed by atoms with Gasteiger partial charge in [0.15, 0.2) is 38.7 Å². The molecule has 0 heterocycles. The number of carbonyl (C=O) groups excluding carboxylic acids is 3. The standard InChI is InChI=1S/C19H35NO12/c1-13(16(21)30-10-24-4)27-7-19(20,8-28-14(2)17(22)31-11-25-5)9-29-15(3)18(23)32-12-26-6/h13-15H,7-12,20H2,1-6H3. The third-order valence-corrected chi connectivity index (χ3v) is 3.82. The zero-order valence-electron chi connectivity index (χ0n) is 19.5. The molecule has 0 bridgehead atoms. The van der Waals surface area contributed by atoms with Crippen LogP contribution in [0.1, 0.15) is 20.8 Å². The van der Waals surface area contributed by atoms with Crippen LogP contribution in [0.25, 0.3) is 0 Å². The van der Waals surface area contributed by atoms with E-state index in [1.54, 1.807) is 0 Å². The fourth-order valence-corrected chi connectivity index (χ4v) is 1.91. The summed E-state index contributed by atoms with van der Waals surface area (Å²) >= 11 is 0. The van der Waals surface area contributed by atoms with E-state index >= 15 is 0 Å². The first-order chi connectivity index (χ1) is 15.1. The van der Waals surface area contributed by atoms with E-state index in [-0.39, 0.29) is 40.2 Å². The van der Waals surface area contributed by atoms with Crippen molar-refractivity contribution in [1.82, 2.24) is 0 Å². The van der Waals surface area contributed by atoms with Crippen LogP contribution in [0.2, 0.25) is 0 Å². The third kappa shape index (κ3) is 12.9. The Morgan fingerprint density at radius 2 is 0.875 bits per heavy atom. The maximum absolute atomic E-state index is 11.9. The summed E-state index contributed by atoms with van der Waals surface area (Å²) in [6.07, 6.45) is -2.91. The van der Waals surface area contributed by atoms with Crippen LogP contribution >= 0.6 is 0 Å². The van der Waals surface area contributed by atoms with E-state index in [1.165, 1.54) is 42.1 Å². The van der Waals surface area contributed by atoms with Crippen LogP contribution in [0.15, 0.2) is 0 Å². The van der Waals surface area contributed by atoms with Gasteiger partial charge in [0.2, 0.25) is 0 Å². The van der Waals surface area contributed by atoms with Gasteiger partial charge >= 0.3 is 17.9 Å². The molecule has 0 aliphatic rings. The van der Waals surface area contributed by atoms with Crippen molar-refractivity contribution < 1.29 is 57.0 Å². The first-order valence-electron chi connectivity index (χ1n) is 9.70. The Labute approximate surface area is 187 Å². The van der Waals surface area contributed by atoms with E-state index in [0.29, 0.717) is 0 Å². The lowest BCUT2D eigenvalue weighted by Crippen LogP contribution is -2.55. The summed E-state index contributed by atoms with van der Waals surface area (Å²) in [6, 6.07) is 0. The second kappa shape index (κ2) is 16.7. The Morgan fingerprint density at radius 3 is 1.09 bits per heavy atom. The van der Waals surface area contributed by atoms with Crippen molar-refractivity contribution >= 4 is 17.9 Å². The number of hydrogen-bond acceptors (Lipinski definition) is 13. The maximum Gasteiger partial charge on any atom is 0.337 e. The van der Waals surface area contributed by atoms with E-state index in [1.807, 2.05) is 0 Å². The molecule has 0 aliphatic carbocycles. The molecule has 32 heavy (non-hydrogen) atoms. The van der Waals surface area contributed by atoms with Crippen LogP contribution in [0.5, 0.6) is 0 Å². The van der Waals surface area contributed by atoms with Crippen LogP contribution in [0, 0.1) is 0 Å². The van der Waals surface area contributed by atoms with Crippen molar-refractivity contribution in [3.05, 3.63) is 0 Å². The first kappa shape index (κ1) is 30.1. The number of nitrogens with two attached hydrogens (primary N) is 1. The molecule has 0 aromatic carbocycles. The molecule has 188 valence electrons. The average molecular weight is 469 g/mol. The molecule has 2 N–H and O–H groups in total. The lowest BCUT2D eigenvalue weighted by molar-refractivity contribution is -0.174. The highest BCUT2D eigenvalue weighted by Crippen LogP contribution is 2.11. The molecule has 3 unspecified atom stereocenters. The second-order valence-corrected chi connectivity index (χ2v) is 6.83. The summed E-state index contributed by atoms with van der Waals surface area (Å²) in [5.41, 5.74) is 4.99. The molecule has 0 rings (SSSR count). The van der Waals surface area contributed by atoms with Gasteiger partial charge in [-0.15, -0.1) is 0 Å². The molecule has 13 heteroatoms. The van der Waals surface area contributed by atoms with E-state index in [4.69, 9.17) is 34.2 Å². The largest absolute Gasteiger partial charge is 0.437 e. The average Bonchev–Trinajstić information content (AvgIpc) is 2.79. The van der Waals surface area contributed by atoms with Gasteiger partial charge in [-0.25, -0.2) is 14.4 Å². The predicted octanol–water partition coefficient (Wildman–Crippen LogP) is -0.659. The van der Waals surface area contributed by atoms with Gasteiger partial charge in [0.1, 0.15) is 0 Å². The smallest absolute Gasteiger partial charge is 0.337 e. The third-order valence-electron chi connectivity index (χ3n) is 3.82. The number of methoxy groups -OCH3 is 3. The Balaban J connectivity index is 5.00. The number of carbonyl (C=O) groups is 3. The Kier molecular flexibility index (Phi) is 15.7. The predicted molar refractivity (Wildman–Crippen MR) is 107 cm³/mol. The fraction of sp³-hybridized carbons (Fsp3) is 0.842. The SMILES string of the molecule is COCOC(=O)C(C)OCC(N)(COC(C)C(=O)OCOC)COC(C)C(=O)OCOC. The van der Waals surface area contributed by atoms with Gasteiger partial charge < -0.3 is 48.4 Å². The van der Waals surface area contributed by atoms with Gasteiger partial charge in [-0.1, -0.05) is 0 Å². The number of esters is 3. The molecule has 0 saturated carbocycles. The zero-order chi connectivity index (χ0) is 24.6. The molecular weight excluding hydrogens is 434 g/mol. The molecular formula is C19H35NO12. The van der Waals surface area contributed by atoms with Crippen molar-refractivity contribution in [3.8, 4) is 0 Å². The van der Waals surface area contributed by atoms with Gasteiger partial charge in [0.25, 0.3) is 0 Å². The van der Waals surface area contributed by atoms with Crippen LogP contribution in [0.3, 0.4) is 0 Å². The summed E-state index contributed by atoms with van der Waals surface area (Å²) in [6.45, 7) is 3.04. The quantitative estimate of drug-likeness (QED) is 0.153. The molecule has 0 saturated heterocycles. The summed E-state index contributed by atoms with van der Waals surface area (Å²) < 4.78 is 44.9. The number of hydrogen-bond donors (Lipinski definition) is 1. The van der Waals surface area contributed by atoms with Gasteiger partial charge in [-0.3, -0.25) is 0 Å². The minimum absolute atomic E-state index is 0.226. The van der Waals surface area contributed by atoms with Crippen LogP contribution in [-0.2, 0) is 57.0 Å². The van der Waals surface area contributed by atoms with Gasteiger partial charge in [0, 0.05) is 21.3 Å². The summed E-state index contributed by atoms with van der Waals surface area (Å²) in [7, 11) is 4.11.